The first-order valence-electron chi connectivity index (χ1n) is 8.11. The van der Waals surface area contributed by atoms with E-state index in [0.29, 0.717) is 37.5 Å². The Kier molecular flexibility index (Phi) is 5.33. The summed E-state index contributed by atoms with van der Waals surface area (Å²) in [5, 5.41) is 2.87. The molecule has 0 aliphatic carbocycles. The number of carbonyl (C=O) groups is 2. The highest BCUT2D eigenvalue weighted by Crippen LogP contribution is 2.32. The Hall–Kier alpha value is -2.41. The molecular weight excluding hydrogens is 343 g/mol. The highest BCUT2D eigenvalue weighted by atomic mass is 32.1. The lowest BCUT2D eigenvalue weighted by molar-refractivity contribution is 0.0956. The van der Waals surface area contributed by atoms with Crippen molar-refractivity contribution in [3.63, 3.8) is 0 Å². The largest absolute Gasteiger partial charge is 0.448 e. The van der Waals surface area contributed by atoms with Crippen LogP contribution in [0.25, 0.3) is 10.4 Å². The zero-order chi connectivity index (χ0) is 17.8. The summed E-state index contributed by atoms with van der Waals surface area (Å²) in [5.74, 6) is -0.414. The number of hydrogen-bond acceptors (Lipinski definition) is 4. The number of ether oxygens (including phenoxy) is 1. The quantitative estimate of drug-likeness (QED) is 0.801. The van der Waals surface area contributed by atoms with Crippen molar-refractivity contribution >= 4 is 23.3 Å². The molecule has 1 aliphatic rings. The minimum Gasteiger partial charge on any atom is -0.448 e. The fourth-order valence-corrected chi connectivity index (χ4v) is 3.76. The van der Waals surface area contributed by atoms with Crippen LogP contribution in [0.2, 0.25) is 0 Å². The van der Waals surface area contributed by atoms with Gasteiger partial charge in [0.15, 0.2) is 0 Å². The van der Waals surface area contributed by atoms with Crippen LogP contribution < -0.4 is 5.32 Å². The molecule has 0 spiro atoms. The Labute approximate surface area is 149 Å². The molecule has 0 unspecified atom stereocenters. The van der Waals surface area contributed by atoms with Crippen molar-refractivity contribution in [1.82, 2.24) is 10.2 Å². The Morgan fingerprint density at radius 1 is 1.36 bits per heavy atom. The van der Waals surface area contributed by atoms with E-state index < -0.39 is 0 Å². The van der Waals surface area contributed by atoms with Gasteiger partial charge in [0, 0.05) is 18.0 Å². The van der Waals surface area contributed by atoms with E-state index in [1.165, 1.54) is 23.5 Å². The van der Waals surface area contributed by atoms with Crippen LogP contribution in [0, 0.1) is 12.7 Å². The minimum atomic E-state index is -0.288. The number of amides is 2. The van der Waals surface area contributed by atoms with Crippen LogP contribution in [-0.4, -0.2) is 43.1 Å². The summed E-state index contributed by atoms with van der Waals surface area (Å²) < 4.78 is 17.9. The van der Waals surface area contributed by atoms with Gasteiger partial charge < -0.3 is 15.0 Å². The molecule has 2 heterocycles. The van der Waals surface area contributed by atoms with Gasteiger partial charge in [0.1, 0.15) is 12.4 Å². The first kappa shape index (κ1) is 17.4. The van der Waals surface area contributed by atoms with Gasteiger partial charge >= 0.3 is 6.09 Å². The second kappa shape index (κ2) is 7.65. The molecule has 1 N–H and O–H groups in total. The van der Waals surface area contributed by atoms with E-state index >= 15 is 0 Å². The van der Waals surface area contributed by atoms with Crippen molar-refractivity contribution in [3.8, 4) is 10.4 Å². The average Bonchev–Trinajstić information content (AvgIpc) is 3.18. The zero-order valence-electron chi connectivity index (χ0n) is 13.9. The van der Waals surface area contributed by atoms with E-state index in [1.54, 1.807) is 17.0 Å². The van der Waals surface area contributed by atoms with Gasteiger partial charge in [-0.05, 0) is 42.7 Å². The Bertz CT molecular complexity index is 773. The van der Waals surface area contributed by atoms with Crippen molar-refractivity contribution in [2.75, 3.05) is 26.2 Å². The predicted molar refractivity (Wildman–Crippen MR) is 94.3 cm³/mol. The van der Waals surface area contributed by atoms with Crippen LogP contribution in [0.1, 0.15) is 21.7 Å². The highest BCUT2D eigenvalue weighted by molar-refractivity contribution is 7.17. The molecule has 2 amide bonds. The number of thiophene rings is 1. The van der Waals surface area contributed by atoms with Gasteiger partial charge in [-0.25, -0.2) is 9.18 Å². The number of rotatable bonds is 6. The molecule has 5 nitrogen and oxygen atoms in total. The van der Waals surface area contributed by atoms with Gasteiger partial charge in [-0.3, -0.25) is 4.79 Å². The summed E-state index contributed by atoms with van der Waals surface area (Å²) in [7, 11) is 0. The number of hydrogen-bond donors (Lipinski definition) is 1. The van der Waals surface area contributed by atoms with Gasteiger partial charge in [0.2, 0.25) is 0 Å². The summed E-state index contributed by atoms with van der Waals surface area (Å²) in [4.78, 5) is 26.8. The molecule has 7 heteroatoms. The maximum atomic E-state index is 13.1. The summed E-state index contributed by atoms with van der Waals surface area (Å²) >= 11 is 1.39. The molecular formula is C18H19FN2O3S. The fraction of sp³-hybridized carbons (Fsp3) is 0.333. The molecule has 1 aromatic carbocycles. The van der Waals surface area contributed by atoms with E-state index in [2.05, 4.69) is 5.32 Å². The van der Waals surface area contributed by atoms with E-state index in [1.807, 2.05) is 13.0 Å². The number of cyclic esters (lactones) is 1. The summed E-state index contributed by atoms with van der Waals surface area (Å²) in [6.45, 7) is 4.05. The van der Waals surface area contributed by atoms with Crippen molar-refractivity contribution in [3.05, 3.63) is 46.6 Å². The lowest BCUT2D eigenvalue weighted by Crippen LogP contribution is -2.30. The predicted octanol–water partition coefficient (Wildman–Crippen LogP) is 3.43. The number of nitrogens with zero attached hydrogens (tertiary/aromatic N) is 1. The second-order valence-corrected chi connectivity index (χ2v) is 6.89. The SMILES string of the molecule is Cc1cc(C(=O)NCCCN2CCOC2=O)sc1-c1ccc(F)cc1. The molecule has 0 saturated carbocycles. The van der Waals surface area contributed by atoms with Crippen molar-refractivity contribution in [2.45, 2.75) is 13.3 Å². The number of halogens is 1. The molecule has 1 aromatic heterocycles. The highest BCUT2D eigenvalue weighted by Gasteiger charge is 2.21. The third-order valence-electron chi connectivity index (χ3n) is 3.98. The monoisotopic (exact) mass is 362 g/mol. The molecule has 0 atom stereocenters. The fourth-order valence-electron chi connectivity index (χ4n) is 2.67. The smallest absolute Gasteiger partial charge is 0.409 e. The van der Waals surface area contributed by atoms with Gasteiger partial charge in [-0.15, -0.1) is 11.3 Å². The third-order valence-corrected chi connectivity index (χ3v) is 5.27. The maximum absolute atomic E-state index is 13.1. The number of nitrogens with one attached hydrogen (secondary N) is 1. The summed E-state index contributed by atoms with van der Waals surface area (Å²) in [6.07, 6.45) is 0.389. The first-order valence-corrected chi connectivity index (χ1v) is 8.92. The molecule has 1 saturated heterocycles. The zero-order valence-corrected chi connectivity index (χ0v) is 14.7. The summed E-state index contributed by atoms with van der Waals surface area (Å²) in [5.41, 5.74) is 1.89. The molecule has 132 valence electrons. The van der Waals surface area contributed by atoms with Gasteiger partial charge in [0.05, 0.1) is 11.4 Å². The average molecular weight is 362 g/mol. The Morgan fingerprint density at radius 2 is 2.12 bits per heavy atom. The van der Waals surface area contributed by atoms with E-state index in [0.717, 1.165) is 16.0 Å². The van der Waals surface area contributed by atoms with E-state index in [-0.39, 0.29) is 17.8 Å². The molecule has 25 heavy (non-hydrogen) atoms. The van der Waals surface area contributed by atoms with Crippen molar-refractivity contribution in [2.24, 2.45) is 0 Å². The Morgan fingerprint density at radius 3 is 2.80 bits per heavy atom. The van der Waals surface area contributed by atoms with E-state index in [4.69, 9.17) is 4.74 Å². The van der Waals surface area contributed by atoms with Gasteiger partial charge in [-0.1, -0.05) is 12.1 Å². The standard InChI is InChI=1S/C18H19FN2O3S/c1-12-11-15(25-16(12)13-3-5-14(19)6-4-13)17(22)20-7-2-8-21-9-10-24-18(21)23/h3-6,11H,2,7-10H2,1H3,(H,20,22). The maximum Gasteiger partial charge on any atom is 0.409 e. The number of benzene rings is 1. The second-order valence-electron chi connectivity index (χ2n) is 5.84. The van der Waals surface area contributed by atoms with Crippen LogP contribution in [-0.2, 0) is 4.74 Å². The third kappa shape index (κ3) is 4.17. The molecule has 0 radical (unpaired) electrons. The first-order chi connectivity index (χ1) is 12.0. The molecule has 1 fully saturated rings. The lowest BCUT2D eigenvalue weighted by Gasteiger charge is -2.12. The lowest BCUT2D eigenvalue weighted by atomic mass is 10.1. The molecule has 3 rings (SSSR count). The van der Waals surface area contributed by atoms with Crippen LogP contribution in [0.15, 0.2) is 30.3 Å². The number of aryl methyl sites for hydroxylation is 1. The van der Waals surface area contributed by atoms with Crippen LogP contribution >= 0.6 is 11.3 Å². The van der Waals surface area contributed by atoms with Crippen LogP contribution in [0.3, 0.4) is 0 Å². The van der Waals surface area contributed by atoms with Crippen LogP contribution in [0.4, 0.5) is 9.18 Å². The van der Waals surface area contributed by atoms with Gasteiger partial charge in [-0.2, -0.15) is 0 Å². The molecule has 2 aromatic rings. The summed E-state index contributed by atoms with van der Waals surface area (Å²) in [6, 6.07) is 8.10. The topological polar surface area (TPSA) is 58.6 Å². The van der Waals surface area contributed by atoms with Crippen molar-refractivity contribution < 1.29 is 18.7 Å². The molecule has 0 bridgehead atoms. The van der Waals surface area contributed by atoms with Gasteiger partial charge in [0.25, 0.3) is 5.91 Å². The molecule has 1 aliphatic heterocycles. The number of carbonyl (C=O) groups excluding carboxylic acids is 2. The van der Waals surface area contributed by atoms with Crippen LogP contribution in [0.5, 0.6) is 0 Å². The normalized spacial score (nSPS) is 13.8. The Balaban J connectivity index is 1.55. The van der Waals surface area contributed by atoms with E-state index in [9.17, 15) is 14.0 Å². The minimum absolute atomic E-state index is 0.134. The van der Waals surface area contributed by atoms with Crippen molar-refractivity contribution in [1.29, 1.82) is 0 Å².